The lowest BCUT2D eigenvalue weighted by Gasteiger charge is -2.23. The summed E-state index contributed by atoms with van der Waals surface area (Å²) in [4.78, 5) is 14.1. The SMILES string of the molecule is COC(=O)c1cc(CN2CCCC2Cc2ccccc2)oc1C. The van der Waals surface area contributed by atoms with E-state index in [2.05, 4.69) is 35.2 Å². The van der Waals surface area contributed by atoms with Crippen LogP contribution in [0.25, 0.3) is 0 Å². The summed E-state index contributed by atoms with van der Waals surface area (Å²) in [7, 11) is 1.39. The number of ether oxygens (including phenoxy) is 1. The van der Waals surface area contributed by atoms with Gasteiger partial charge in [-0.1, -0.05) is 30.3 Å². The van der Waals surface area contributed by atoms with Crippen molar-refractivity contribution in [2.24, 2.45) is 0 Å². The lowest BCUT2D eigenvalue weighted by molar-refractivity contribution is 0.0599. The Morgan fingerprint density at radius 3 is 2.87 bits per heavy atom. The van der Waals surface area contributed by atoms with Gasteiger partial charge in [0.1, 0.15) is 17.1 Å². The highest BCUT2D eigenvalue weighted by atomic mass is 16.5. The second-order valence-corrected chi connectivity index (χ2v) is 6.13. The molecule has 4 heteroatoms. The first-order valence-corrected chi connectivity index (χ1v) is 8.13. The molecule has 1 aromatic carbocycles. The topological polar surface area (TPSA) is 42.7 Å². The van der Waals surface area contributed by atoms with Crippen LogP contribution in [-0.4, -0.2) is 30.6 Å². The number of furan rings is 1. The van der Waals surface area contributed by atoms with E-state index in [1.807, 2.05) is 6.07 Å². The van der Waals surface area contributed by atoms with E-state index in [1.165, 1.54) is 25.5 Å². The molecule has 122 valence electrons. The largest absolute Gasteiger partial charge is 0.465 e. The molecular weight excluding hydrogens is 290 g/mol. The van der Waals surface area contributed by atoms with E-state index < -0.39 is 0 Å². The number of benzene rings is 1. The number of methoxy groups -OCH3 is 1. The predicted molar refractivity (Wildman–Crippen MR) is 88.4 cm³/mol. The molecule has 4 nitrogen and oxygen atoms in total. The number of hydrogen-bond donors (Lipinski definition) is 0. The summed E-state index contributed by atoms with van der Waals surface area (Å²) in [6.07, 6.45) is 3.48. The Bertz CT molecular complexity index is 663. The molecule has 1 unspecified atom stereocenters. The highest BCUT2D eigenvalue weighted by Crippen LogP contribution is 2.25. The van der Waals surface area contributed by atoms with Gasteiger partial charge in [-0.25, -0.2) is 4.79 Å². The Morgan fingerprint density at radius 1 is 1.35 bits per heavy atom. The Morgan fingerprint density at radius 2 is 2.13 bits per heavy atom. The summed E-state index contributed by atoms with van der Waals surface area (Å²) in [5.74, 6) is 1.13. The third-order valence-electron chi connectivity index (χ3n) is 4.55. The third kappa shape index (κ3) is 3.64. The number of likely N-dealkylation sites (tertiary alicyclic amines) is 1. The molecule has 0 N–H and O–H groups in total. The number of carbonyl (C=O) groups excluding carboxylic acids is 1. The van der Waals surface area contributed by atoms with E-state index >= 15 is 0 Å². The van der Waals surface area contributed by atoms with E-state index in [0.29, 0.717) is 17.4 Å². The van der Waals surface area contributed by atoms with E-state index in [4.69, 9.17) is 9.15 Å². The van der Waals surface area contributed by atoms with Gasteiger partial charge >= 0.3 is 5.97 Å². The van der Waals surface area contributed by atoms with Crippen LogP contribution in [0.2, 0.25) is 0 Å². The lowest BCUT2D eigenvalue weighted by atomic mass is 10.0. The second-order valence-electron chi connectivity index (χ2n) is 6.13. The molecule has 2 aromatic rings. The Labute approximate surface area is 137 Å². The van der Waals surface area contributed by atoms with Crippen LogP contribution in [0.1, 0.15) is 40.3 Å². The van der Waals surface area contributed by atoms with Gasteiger partial charge in [0.2, 0.25) is 0 Å². The Kier molecular flexibility index (Phi) is 4.82. The van der Waals surface area contributed by atoms with Gasteiger partial charge in [0, 0.05) is 6.04 Å². The molecule has 1 fully saturated rings. The van der Waals surface area contributed by atoms with Gasteiger partial charge in [-0.05, 0) is 44.4 Å². The average Bonchev–Trinajstić information content (AvgIpc) is 3.15. The van der Waals surface area contributed by atoms with Gasteiger partial charge in [0.15, 0.2) is 0 Å². The van der Waals surface area contributed by atoms with Crippen molar-refractivity contribution >= 4 is 5.97 Å². The van der Waals surface area contributed by atoms with Gasteiger partial charge in [-0.15, -0.1) is 0 Å². The van der Waals surface area contributed by atoms with Crippen molar-refractivity contribution < 1.29 is 13.9 Å². The zero-order valence-electron chi connectivity index (χ0n) is 13.7. The molecule has 1 aromatic heterocycles. The maximum absolute atomic E-state index is 11.7. The number of carbonyl (C=O) groups is 1. The van der Waals surface area contributed by atoms with Crippen molar-refractivity contribution in [3.8, 4) is 0 Å². The fraction of sp³-hybridized carbons (Fsp3) is 0.421. The van der Waals surface area contributed by atoms with Gasteiger partial charge in [0.05, 0.1) is 13.7 Å². The monoisotopic (exact) mass is 313 g/mol. The first-order valence-electron chi connectivity index (χ1n) is 8.13. The normalized spacial score (nSPS) is 18.3. The first-order chi connectivity index (χ1) is 11.2. The van der Waals surface area contributed by atoms with Crippen molar-refractivity contribution in [1.82, 2.24) is 4.90 Å². The average molecular weight is 313 g/mol. The number of nitrogens with zero attached hydrogens (tertiary/aromatic N) is 1. The summed E-state index contributed by atoms with van der Waals surface area (Å²) < 4.78 is 10.5. The number of aryl methyl sites for hydroxylation is 1. The molecule has 0 bridgehead atoms. The summed E-state index contributed by atoms with van der Waals surface area (Å²) in [6.45, 7) is 3.63. The zero-order valence-corrected chi connectivity index (χ0v) is 13.7. The molecular formula is C19H23NO3. The molecule has 1 atom stereocenters. The Balaban J connectivity index is 1.68. The van der Waals surface area contributed by atoms with E-state index in [-0.39, 0.29) is 5.97 Å². The fourth-order valence-electron chi connectivity index (χ4n) is 3.36. The zero-order chi connectivity index (χ0) is 16.2. The van der Waals surface area contributed by atoms with Crippen LogP contribution in [0.4, 0.5) is 0 Å². The van der Waals surface area contributed by atoms with Crippen LogP contribution >= 0.6 is 0 Å². The number of hydrogen-bond acceptors (Lipinski definition) is 4. The van der Waals surface area contributed by atoms with Gasteiger partial charge in [-0.2, -0.15) is 0 Å². The third-order valence-corrected chi connectivity index (χ3v) is 4.55. The molecule has 0 spiro atoms. The number of esters is 1. The molecule has 1 aliphatic rings. The fourth-order valence-corrected chi connectivity index (χ4v) is 3.36. The van der Waals surface area contributed by atoms with Crippen molar-refractivity contribution in [1.29, 1.82) is 0 Å². The molecule has 3 rings (SSSR count). The maximum atomic E-state index is 11.7. The van der Waals surface area contributed by atoms with Crippen LogP contribution in [-0.2, 0) is 17.7 Å². The van der Waals surface area contributed by atoms with E-state index in [1.54, 1.807) is 6.92 Å². The van der Waals surface area contributed by atoms with Crippen molar-refractivity contribution in [3.05, 3.63) is 59.0 Å². The highest BCUT2D eigenvalue weighted by Gasteiger charge is 2.26. The van der Waals surface area contributed by atoms with Crippen LogP contribution in [0.5, 0.6) is 0 Å². The summed E-state index contributed by atoms with van der Waals surface area (Å²) >= 11 is 0. The van der Waals surface area contributed by atoms with Crippen LogP contribution in [0.15, 0.2) is 40.8 Å². The lowest BCUT2D eigenvalue weighted by Crippen LogP contribution is -2.30. The minimum absolute atomic E-state index is 0.334. The van der Waals surface area contributed by atoms with E-state index in [9.17, 15) is 4.79 Å². The minimum atomic E-state index is -0.334. The van der Waals surface area contributed by atoms with Crippen LogP contribution < -0.4 is 0 Å². The van der Waals surface area contributed by atoms with Crippen LogP contribution in [0.3, 0.4) is 0 Å². The van der Waals surface area contributed by atoms with Gasteiger partial charge in [0.25, 0.3) is 0 Å². The predicted octanol–water partition coefficient (Wildman–Crippen LogP) is 3.58. The number of rotatable bonds is 5. The van der Waals surface area contributed by atoms with E-state index in [0.717, 1.165) is 25.3 Å². The molecule has 1 saturated heterocycles. The standard InChI is InChI=1S/C19H23NO3/c1-14-18(19(21)22-2)12-17(23-14)13-20-10-6-9-16(20)11-15-7-4-3-5-8-15/h3-5,7-8,12,16H,6,9-11,13H2,1-2H3. The summed E-state index contributed by atoms with van der Waals surface area (Å²) in [5.41, 5.74) is 1.90. The quantitative estimate of drug-likeness (QED) is 0.791. The second kappa shape index (κ2) is 7.01. The van der Waals surface area contributed by atoms with Gasteiger partial charge < -0.3 is 9.15 Å². The minimum Gasteiger partial charge on any atom is -0.465 e. The summed E-state index contributed by atoms with van der Waals surface area (Å²) in [6, 6.07) is 12.9. The first kappa shape index (κ1) is 15.8. The van der Waals surface area contributed by atoms with Crippen molar-refractivity contribution in [2.45, 2.75) is 38.8 Å². The molecule has 0 aliphatic carbocycles. The molecule has 0 radical (unpaired) electrons. The summed E-state index contributed by atoms with van der Waals surface area (Å²) in [5, 5.41) is 0. The molecule has 0 saturated carbocycles. The maximum Gasteiger partial charge on any atom is 0.341 e. The van der Waals surface area contributed by atoms with Crippen molar-refractivity contribution in [3.63, 3.8) is 0 Å². The smallest absolute Gasteiger partial charge is 0.341 e. The molecule has 0 amide bonds. The molecule has 2 heterocycles. The Hall–Kier alpha value is -2.07. The molecule has 23 heavy (non-hydrogen) atoms. The van der Waals surface area contributed by atoms with Crippen LogP contribution in [0, 0.1) is 6.92 Å². The van der Waals surface area contributed by atoms with Gasteiger partial charge in [-0.3, -0.25) is 4.90 Å². The highest BCUT2D eigenvalue weighted by molar-refractivity contribution is 5.90. The van der Waals surface area contributed by atoms with Crippen molar-refractivity contribution in [2.75, 3.05) is 13.7 Å². The molecule has 1 aliphatic heterocycles.